The van der Waals surface area contributed by atoms with E-state index in [0.29, 0.717) is 11.1 Å². The fraction of sp³-hybridized carbons (Fsp3) is 0. The molecule has 2 aromatic carbocycles. The lowest BCUT2D eigenvalue weighted by atomic mass is 10.0. The standard InChI is InChI=1S/C15H8ClN3O4/c16-15-6-5-14(19(22)23)8-11(15)7-12(9-17)10-1-3-13(4-2-10)18(20)21/h1-8H/b12-7-. The van der Waals surface area contributed by atoms with Gasteiger partial charge in [0.05, 0.1) is 21.5 Å². The third-order valence-corrected chi connectivity index (χ3v) is 3.34. The van der Waals surface area contributed by atoms with E-state index in [0.717, 1.165) is 0 Å². The molecule has 0 atom stereocenters. The van der Waals surface area contributed by atoms with Crippen molar-refractivity contribution in [1.82, 2.24) is 0 Å². The van der Waals surface area contributed by atoms with Gasteiger partial charge in [-0.15, -0.1) is 0 Å². The van der Waals surface area contributed by atoms with Gasteiger partial charge in [0.25, 0.3) is 11.4 Å². The van der Waals surface area contributed by atoms with Crippen molar-refractivity contribution in [3.05, 3.63) is 78.8 Å². The summed E-state index contributed by atoms with van der Waals surface area (Å²) in [4.78, 5) is 20.3. The molecule has 0 aliphatic carbocycles. The molecule has 0 fully saturated rings. The second-order valence-electron chi connectivity index (χ2n) is 4.44. The van der Waals surface area contributed by atoms with Crippen LogP contribution in [0.5, 0.6) is 0 Å². The molecule has 0 saturated heterocycles. The third-order valence-electron chi connectivity index (χ3n) is 3.00. The molecule has 0 unspecified atom stereocenters. The lowest BCUT2D eigenvalue weighted by Gasteiger charge is -2.02. The van der Waals surface area contributed by atoms with E-state index >= 15 is 0 Å². The topological polar surface area (TPSA) is 110 Å². The minimum Gasteiger partial charge on any atom is -0.258 e. The Kier molecular flexibility index (Phi) is 4.69. The zero-order chi connectivity index (χ0) is 17.0. The van der Waals surface area contributed by atoms with Crippen molar-refractivity contribution in [2.75, 3.05) is 0 Å². The molecule has 2 rings (SSSR count). The molecule has 0 heterocycles. The van der Waals surface area contributed by atoms with Crippen LogP contribution in [0.2, 0.25) is 5.02 Å². The molecular formula is C15H8ClN3O4. The van der Waals surface area contributed by atoms with Gasteiger partial charge in [-0.3, -0.25) is 20.2 Å². The molecule has 0 aliphatic heterocycles. The second kappa shape index (κ2) is 6.68. The van der Waals surface area contributed by atoms with E-state index in [1.54, 1.807) is 0 Å². The summed E-state index contributed by atoms with van der Waals surface area (Å²) in [5, 5.41) is 31.0. The summed E-state index contributed by atoms with van der Waals surface area (Å²) in [5.74, 6) is 0. The first-order valence-electron chi connectivity index (χ1n) is 6.23. The lowest BCUT2D eigenvalue weighted by molar-refractivity contribution is -0.385. The van der Waals surface area contributed by atoms with Crippen LogP contribution < -0.4 is 0 Å². The Hall–Kier alpha value is -3.24. The second-order valence-corrected chi connectivity index (χ2v) is 4.84. The van der Waals surface area contributed by atoms with Crippen molar-refractivity contribution in [1.29, 1.82) is 5.26 Å². The van der Waals surface area contributed by atoms with Crippen molar-refractivity contribution in [2.45, 2.75) is 0 Å². The number of nitrogens with zero attached hydrogens (tertiary/aromatic N) is 3. The number of allylic oxidation sites excluding steroid dienone is 1. The lowest BCUT2D eigenvalue weighted by Crippen LogP contribution is -1.90. The predicted octanol–water partition coefficient (Wildman–Crippen LogP) is 4.22. The molecule has 8 heteroatoms. The molecule has 0 radical (unpaired) electrons. The fourth-order valence-corrected chi connectivity index (χ4v) is 2.03. The molecule has 114 valence electrons. The first kappa shape index (κ1) is 16.1. The van der Waals surface area contributed by atoms with E-state index in [9.17, 15) is 25.5 Å². The van der Waals surface area contributed by atoms with Gasteiger partial charge in [0.1, 0.15) is 0 Å². The van der Waals surface area contributed by atoms with Gasteiger partial charge in [-0.05, 0) is 29.8 Å². The highest BCUT2D eigenvalue weighted by molar-refractivity contribution is 6.32. The molecule has 0 saturated carbocycles. The molecule has 0 aromatic heterocycles. The summed E-state index contributed by atoms with van der Waals surface area (Å²) in [6, 6.07) is 11.2. The first-order chi connectivity index (χ1) is 10.9. The molecule has 7 nitrogen and oxygen atoms in total. The van der Waals surface area contributed by atoms with E-state index in [2.05, 4.69) is 0 Å². The Morgan fingerprint density at radius 3 is 2.13 bits per heavy atom. The average molecular weight is 330 g/mol. The molecule has 0 amide bonds. The van der Waals surface area contributed by atoms with Crippen LogP contribution in [0.4, 0.5) is 11.4 Å². The molecule has 0 aliphatic rings. The van der Waals surface area contributed by atoms with E-state index in [-0.39, 0.29) is 22.0 Å². The minimum atomic E-state index is -0.564. The van der Waals surface area contributed by atoms with Crippen molar-refractivity contribution < 1.29 is 9.85 Å². The Morgan fingerprint density at radius 1 is 1.04 bits per heavy atom. The predicted molar refractivity (Wildman–Crippen MR) is 84.7 cm³/mol. The van der Waals surface area contributed by atoms with Gasteiger partial charge in [-0.1, -0.05) is 11.6 Å². The van der Waals surface area contributed by atoms with Crippen LogP contribution in [-0.2, 0) is 0 Å². The van der Waals surface area contributed by atoms with Gasteiger partial charge in [0.15, 0.2) is 0 Å². The summed E-state index contributed by atoms with van der Waals surface area (Å²) in [7, 11) is 0. The molecule has 0 bridgehead atoms. The molecular weight excluding hydrogens is 322 g/mol. The van der Waals surface area contributed by atoms with Crippen LogP contribution in [0.15, 0.2) is 42.5 Å². The number of non-ortho nitro benzene ring substituents is 2. The van der Waals surface area contributed by atoms with Crippen LogP contribution in [0.3, 0.4) is 0 Å². The van der Waals surface area contributed by atoms with Gasteiger partial charge in [-0.25, -0.2) is 0 Å². The van der Waals surface area contributed by atoms with Crippen LogP contribution in [-0.4, -0.2) is 9.85 Å². The van der Waals surface area contributed by atoms with Gasteiger partial charge in [0.2, 0.25) is 0 Å². The highest BCUT2D eigenvalue weighted by atomic mass is 35.5. The number of nitriles is 1. The van der Waals surface area contributed by atoms with E-state index < -0.39 is 9.85 Å². The van der Waals surface area contributed by atoms with Crippen LogP contribution in [0.1, 0.15) is 11.1 Å². The smallest absolute Gasteiger partial charge is 0.258 e. The molecule has 23 heavy (non-hydrogen) atoms. The van der Waals surface area contributed by atoms with Crippen molar-refractivity contribution >= 4 is 34.6 Å². The number of halogens is 1. The Bertz CT molecular complexity index is 854. The van der Waals surface area contributed by atoms with Crippen molar-refractivity contribution in [3.8, 4) is 6.07 Å². The monoisotopic (exact) mass is 329 g/mol. The van der Waals surface area contributed by atoms with E-state index in [4.69, 9.17) is 11.6 Å². The number of rotatable bonds is 4. The summed E-state index contributed by atoms with van der Waals surface area (Å²) < 4.78 is 0. The number of nitro benzene ring substituents is 2. The molecule has 2 aromatic rings. The van der Waals surface area contributed by atoms with Gasteiger partial charge in [-0.2, -0.15) is 5.26 Å². The normalized spacial score (nSPS) is 10.9. The third kappa shape index (κ3) is 3.70. The highest BCUT2D eigenvalue weighted by Crippen LogP contribution is 2.27. The van der Waals surface area contributed by atoms with Crippen molar-refractivity contribution in [2.24, 2.45) is 0 Å². The number of benzene rings is 2. The number of hydrogen-bond acceptors (Lipinski definition) is 5. The molecule has 0 N–H and O–H groups in total. The Morgan fingerprint density at radius 2 is 1.61 bits per heavy atom. The zero-order valence-electron chi connectivity index (χ0n) is 11.5. The maximum Gasteiger partial charge on any atom is 0.270 e. The largest absolute Gasteiger partial charge is 0.270 e. The summed E-state index contributed by atoms with van der Waals surface area (Å²) >= 11 is 5.99. The fourth-order valence-electron chi connectivity index (χ4n) is 1.85. The highest BCUT2D eigenvalue weighted by Gasteiger charge is 2.11. The summed E-state index contributed by atoms with van der Waals surface area (Å²) in [6.07, 6.45) is 1.40. The van der Waals surface area contributed by atoms with Gasteiger partial charge < -0.3 is 0 Å². The zero-order valence-corrected chi connectivity index (χ0v) is 12.2. The maximum atomic E-state index is 10.8. The van der Waals surface area contributed by atoms with Gasteiger partial charge in [0, 0.05) is 34.9 Å². The minimum absolute atomic E-state index is 0.0978. The van der Waals surface area contributed by atoms with Crippen molar-refractivity contribution in [3.63, 3.8) is 0 Å². The summed E-state index contributed by atoms with van der Waals surface area (Å²) in [5.41, 5.74) is 0.694. The number of hydrogen-bond donors (Lipinski definition) is 0. The van der Waals surface area contributed by atoms with E-state index in [1.807, 2.05) is 6.07 Å². The number of nitro groups is 2. The average Bonchev–Trinajstić information content (AvgIpc) is 2.54. The summed E-state index contributed by atoms with van der Waals surface area (Å²) in [6.45, 7) is 0. The maximum absolute atomic E-state index is 10.8. The molecule has 0 spiro atoms. The van der Waals surface area contributed by atoms with Gasteiger partial charge >= 0.3 is 0 Å². The van der Waals surface area contributed by atoms with Crippen LogP contribution in [0, 0.1) is 31.6 Å². The van der Waals surface area contributed by atoms with E-state index in [1.165, 1.54) is 48.5 Å². The van der Waals surface area contributed by atoms with Crippen LogP contribution in [0.25, 0.3) is 11.6 Å². The Balaban J connectivity index is 2.47. The Labute approximate surface area is 135 Å². The SMILES string of the molecule is N#C/C(=C/c1cc([N+](=O)[O-])ccc1Cl)c1ccc([N+](=O)[O-])cc1. The quantitative estimate of drug-likeness (QED) is 0.361. The van der Waals surface area contributed by atoms with Crippen LogP contribution >= 0.6 is 11.6 Å². The first-order valence-corrected chi connectivity index (χ1v) is 6.60.